The molecule has 0 atom stereocenters. The first-order valence-electron chi connectivity index (χ1n) is 10.3. The summed E-state index contributed by atoms with van der Waals surface area (Å²) in [6, 6.07) is 13.4. The molecular formula is C24H28N4O2S. The van der Waals surface area contributed by atoms with E-state index in [1.54, 1.807) is 30.5 Å². The molecule has 1 aromatic heterocycles. The summed E-state index contributed by atoms with van der Waals surface area (Å²) in [5.74, 6) is 0.0496. The van der Waals surface area contributed by atoms with Crippen molar-refractivity contribution in [1.29, 1.82) is 0 Å². The molecule has 3 rings (SSSR count). The highest BCUT2D eigenvalue weighted by Crippen LogP contribution is 2.16. The number of benzene rings is 2. The first-order valence-corrected chi connectivity index (χ1v) is 11.3. The standard InChI is InChI=1S/C24H28N4O2S/c1-17-6-7-19(18(2)15-17)5-4-12-25-23(30)20-8-10-21(11-9-20)27-22(29)16-31-24-26-13-14-28(24)3/h6-11,13-15H,4-5,12,16H2,1-3H3,(H,25,30)(H,27,29). The Bertz CT molecular complexity index is 1040. The number of amides is 2. The Hall–Kier alpha value is -3.06. The van der Waals surface area contributed by atoms with Gasteiger partial charge < -0.3 is 15.2 Å². The molecule has 0 aliphatic rings. The lowest BCUT2D eigenvalue weighted by molar-refractivity contribution is -0.113. The molecule has 0 aliphatic carbocycles. The summed E-state index contributed by atoms with van der Waals surface area (Å²) in [6.07, 6.45) is 5.37. The Morgan fingerprint density at radius 1 is 1.10 bits per heavy atom. The quantitative estimate of drug-likeness (QED) is 0.391. The van der Waals surface area contributed by atoms with Crippen LogP contribution in [0.3, 0.4) is 0 Å². The number of aromatic nitrogens is 2. The molecule has 0 spiro atoms. The van der Waals surface area contributed by atoms with Crippen molar-refractivity contribution in [3.8, 4) is 0 Å². The van der Waals surface area contributed by atoms with E-state index in [4.69, 9.17) is 0 Å². The van der Waals surface area contributed by atoms with E-state index in [1.165, 1.54) is 28.5 Å². The third kappa shape index (κ3) is 6.72. The maximum absolute atomic E-state index is 12.4. The van der Waals surface area contributed by atoms with E-state index < -0.39 is 0 Å². The van der Waals surface area contributed by atoms with Crippen LogP contribution in [0.5, 0.6) is 0 Å². The Kier molecular flexibility index (Phi) is 7.89. The third-order valence-electron chi connectivity index (χ3n) is 4.95. The smallest absolute Gasteiger partial charge is 0.251 e. The molecule has 0 bridgehead atoms. The largest absolute Gasteiger partial charge is 0.352 e. The van der Waals surface area contributed by atoms with Gasteiger partial charge in [0, 0.05) is 37.2 Å². The number of carbonyl (C=O) groups is 2. The molecule has 31 heavy (non-hydrogen) atoms. The van der Waals surface area contributed by atoms with Gasteiger partial charge in [0.2, 0.25) is 5.91 Å². The molecule has 0 saturated heterocycles. The van der Waals surface area contributed by atoms with Gasteiger partial charge in [-0.3, -0.25) is 9.59 Å². The number of nitrogens with zero attached hydrogens (tertiary/aromatic N) is 2. The molecule has 6 nitrogen and oxygen atoms in total. The summed E-state index contributed by atoms with van der Waals surface area (Å²) < 4.78 is 1.87. The van der Waals surface area contributed by atoms with Crippen molar-refractivity contribution in [2.24, 2.45) is 7.05 Å². The van der Waals surface area contributed by atoms with Crippen molar-refractivity contribution in [1.82, 2.24) is 14.9 Å². The first-order chi connectivity index (χ1) is 14.9. The van der Waals surface area contributed by atoms with Crippen molar-refractivity contribution in [2.45, 2.75) is 31.8 Å². The predicted octanol–water partition coefficient (Wildman–Crippen LogP) is 4.13. The molecule has 2 amide bonds. The van der Waals surface area contributed by atoms with E-state index >= 15 is 0 Å². The lowest BCUT2D eigenvalue weighted by Gasteiger charge is -2.09. The summed E-state index contributed by atoms with van der Waals surface area (Å²) in [6.45, 7) is 4.84. The number of hydrogen-bond acceptors (Lipinski definition) is 4. The van der Waals surface area contributed by atoms with Gasteiger partial charge in [-0.25, -0.2) is 4.98 Å². The fourth-order valence-electron chi connectivity index (χ4n) is 3.23. The average Bonchev–Trinajstić information content (AvgIpc) is 3.16. The zero-order chi connectivity index (χ0) is 22.2. The van der Waals surface area contributed by atoms with Crippen LogP contribution in [0, 0.1) is 13.8 Å². The van der Waals surface area contributed by atoms with Crippen LogP contribution < -0.4 is 10.6 Å². The molecule has 3 aromatic rings. The van der Waals surface area contributed by atoms with Gasteiger partial charge in [-0.1, -0.05) is 35.5 Å². The van der Waals surface area contributed by atoms with Crippen molar-refractivity contribution in [3.05, 3.63) is 77.1 Å². The minimum Gasteiger partial charge on any atom is -0.352 e. The Labute approximate surface area is 187 Å². The van der Waals surface area contributed by atoms with Crippen LogP contribution in [0.4, 0.5) is 5.69 Å². The van der Waals surface area contributed by atoms with E-state index in [2.05, 4.69) is 47.7 Å². The Balaban J connectivity index is 1.41. The van der Waals surface area contributed by atoms with Gasteiger partial charge in [0.05, 0.1) is 5.75 Å². The van der Waals surface area contributed by atoms with Gasteiger partial charge in [0.25, 0.3) is 5.91 Å². The number of thioether (sulfide) groups is 1. The van der Waals surface area contributed by atoms with Crippen LogP contribution >= 0.6 is 11.8 Å². The van der Waals surface area contributed by atoms with Crippen LogP contribution in [0.1, 0.15) is 33.5 Å². The summed E-state index contributed by atoms with van der Waals surface area (Å²) in [4.78, 5) is 28.7. The molecule has 0 aliphatic heterocycles. The molecule has 7 heteroatoms. The van der Waals surface area contributed by atoms with Crippen molar-refractivity contribution in [3.63, 3.8) is 0 Å². The van der Waals surface area contributed by atoms with Gasteiger partial charge in [-0.2, -0.15) is 0 Å². The van der Waals surface area contributed by atoms with E-state index in [0.717, 1.165) is 18.0 Å². The maximum atomic E-state index is 12.4. The van der Waals surface area contributed by atoms with Gasteiger partial charge in [-0.15, -0.1) is 0 Å². The van der Waals surface area contributed by atoms with Crippen molar-refractivity contribution < 1.29 is 9.59 Å². The average molecular weight is 437 g/mol. The zero-order valence-electron chi connectivity index (χ0n) is 18.1. The van der Waals surface area contributed by atoms with E-state index in [1.807, 2.05) is 17.8 Å². The normalized spacial score (nSPS) is 10.7. The second kappa shape index (κ2) is 10.8. The summed E-state index contributed by atoms with van der Waals surface area (Å²) in [7, 11) is 1.89. The number of carbonyl (C=O) groups excluding carboxylic acids is 2. The van der Waals surface area contributed by atoms with Gasteiger partial charge in [-0.05, 0) is 62.1 Å². The number of nitrogens with one attached hydrogen (secondary N) is 2. The summed E-state index contributed by atoms with van der Waals surface area (Å²) >= 11 is 1.38. The minimum atomic E-state index is -0.114. The van der Waals surface area contributed by atoms with Crippen LogP contribution in [0.2, 0.25) is 0 Å². The van der Waals surface area contributed by atoms with Crippen LogP contribution in [-0.4, -0.2) is 33.7 Å². The second-order valence-corrected chi connectivity index (χ2v) is 8.47. The topological polar surface area (TPSA) is 76.0 Å². The second-order valence-electron chi connectivity index (χ2n) is 7.52. The van der Waals surface area contributed by atoms with Crippen LogP contribution in [0.15, 0.2) is 60.0 Å². The number of anilines is 1. The molecule has 1 heterocycles. The number of aryl methyl sites for hydroxylation is 4. The molecule has 0 radical (unpaired) electrons. The van der Waals surface area contributed by atoms with E-state index in [0.29, 0.717) is 17.8 Å². The maximum Gasteiger partial charge on any atom is 0.251 e. The van der Waals surface area contributed by atoms with Crippen molar-refractivity contribution in [2.75, 3.05) is 17.6 Å². The summed E-state index contributed by atoms with van der Waals surface area (Å²) in [5.41, 5.74) is 5.12. The van der Waals surface area contributed by atoms with E-state index in [9.17, 15) is 9.59 Å². The fraction of sp³-hybridized carbons (Fsp3) is 0.292. The highest BCUT2D eigenvalue weighted by Gasteiger charge is 2.09. The number of hydrogen-bond donors (Lipinski definition) is 2. The van der Waals surface area contributed by atoms with Gasteiger partial charge in [0.1, 0.15) is 0 Å². The first kappa shape index (κ1) is 22.6. The fourth-order valence-corrected chi connectivity index (χ4v) is 3.96. The van der Waals surface area contributed by atoms with Gasteiger partial charge >= 0.3 is 0 Å². The number of rotatable bonds is 9. The van der Waals surface area contributed by atoms with Gasteiger partial charge in [0.15, 0.2) is 5.16 Å². The Morgan fingerprint density at radius 3 is 2.55 bits per heavy atom. The predicted molar refractivity (Wildman–Crippen MR) is 126 cm³/mol. The van der Waals surface area contributed by atoms with Crippen LogP contribution in [0.25, 0.3) is 0 Å². The third-order valence-corrected chi connectivity index (χ3v) is 6.00. The van der Waals surface area contributed by atoms with Crippen molar-refractivity contribution >= 4 is 29.3 Å². The Morgan fingerprint density at radius 2 is 1.87 bits per heavy atom. The minimum absolute atomic E-state index is 0.108. The SMILES string of the molecule is Cc1ccc(CCCNC(=O)c2ccc(NC(=O)CSc3nccn3C)cc2)c(C)c1. The van der Waals surface area contributed by atoms with Crippen LogP contribution in [-0.2, 0) is 18.3 Å². The molecular weight excluding hydrogens is 408 g/mol. The number of imidazole rings is 1. The summed E-state index contributed by atoms with van der Waals surface area (Å²) in [5, 5.41) is 6.60. The molecule has 2 aromatic carbocycles. The highest BCUT2D eigenvalue weighted by atomic mass is 32.2. The molecule has 0 saturated carbocycles. The highest BCUT2D eigenvalue weighted by molar-refractivity contribution is 7.99. The lowest BCUT2D eigenvalue weighted by atomic mass is 10.0. The zero-order valence-corrected chi connectivity index (χ0v) is 19.0. The molecule has 2 N–H and O–H groups in total. The molecule has 162 valence electrons. The lowest BCUT2D eigenvalue weighted by Crippen LogP contribution is -2.24. The molecule has 0 unspecified atom stereocenters. The van der Waals surface area contributed by atoms with E-state index in [-0.39, 0.29) is 17.6 Å². The molecule has 0 fully saturated rings. The monoisotopic (exact) mass is 436 g/mol.